The summed E-state index contributed by atoms with van der Waals surface area (Å²) >= 11 is 0. The highest BCUT2D eigenvalue weighted by molar-refractivity contribution is 6.27. The summed E-state index contributed by atoms with van der Waals surface area (Å²) in [6, 6.07) is 11.9. The predicted molar refractivity (Wildman–Crippen MR) is 169 cm³/mol. The Morgan fingerprint density at radius 1 is 1.00 bits per heavy atom. The molecule has 10 heteroatoms. The number of halogens is 1. The van der Waals surface area contributed by atoms with Gasteiger partial charge < -0.3 is 29.9 Å². The number of hydrogen-bond acceptors (Lipinski definition) is 8. The standard InChI is InChI=1S/C34H42FN5O4/c1-24-32(36-10-14-38-11-4-5-12-38)29(35)19-27-22-40(30-20-25-7-2-3-8-26(25)21-31(30)44-24)23-28(33(27)41)34(42)37-9-6-13-39-15-17-43-18-16-39/h2-3,7-8,19-21,23-24,36H,4-6,9-18,22H2,1H3,(H,37,42)/b27-19+,32-29-. The van der Waals surface area contributed by atoms with Gasteiger partial charge in [-0.1, -0.05) is 24.3 Å². The first-order valence-corrected chi connectivity index (χ1v) is 15.8. The normalized spacial score (nSPS) is 24.3. The number of ether oxygens (including phenoxy) is 2. The van der Waals surface area contributed by atoms with Crippen molar-refractivity contribution in [1.82, 2.24) is 20.4 Å². The Labute approximate surface area is 258 Å². The Hall–Kier alpha value is -3.73. The fraction of sp³-hybridized carbons (Fsp3) is 0.471. The molecule has 1 unspecified atom stereocenters. The number of rotatable bonds is 9. The van der Waals surface area contributed by atoms with Crippen molar-refractivity contribution in [2.45, 2.75) is 32.3 Å². The summed E-state index contributed by atoms with van der Waals surface area (Å²) in [6.07, 6.45) is 5.34. The Morgan fingerprint density at radius 2 is 1.73 bits per heavy atom. The lowest BCUT2D eigenvalue weighted by molar-refractivity contribution is -0.121. The van der Waals surface area contributed by atoms with Gasteiger partial charge in [0.1, 0.15) is 23.3 Å². The molecule has 0 aromatic heterocycles. The Balaban J connectivity index is 1.29. The van der Waals surface area contributed by atoms with Crippen molar-refractivity contribution in [3.8, 4) is 5.75 Å². The SMILES string of the molecule is CC1Oc2cc3ccccc3cc2N2C=C(C(=O)NCCCN3CCOCC3)C(=O)/C(=C/C(F)=C\1NCCN1CCCC1)C2. The Kier molecular flexibility index (Phi) is 9.59. The van der Waals surface area contributed by atoms with Crippen molar-refractivity contribution in [3.63, 3.8) is 0 Å². The van der Waals surface area contributed by atoms with E-state index >= 15 is 4.39 Å². The van der Waals surface area contributed by atoms with Gasteiger partial charge in [-0.2, -0.15) is 0 Å². The minimum atomic E-state index is -0.640. The van der Waals surface area contributed by atoms with E-state index in [-0.39, 0.29) is 17.7 Å². The van der Waals surface area contributed by atoms with Crippen molar-refractivity contribution in [3.05, 3.63) is 71.3 Å². The quantitative estimate of drug-likeness (QED) is 0.333. The topological polar surface area (TPSA) is 86.4 Å². The monoisotopic (exact) mass is 603 g/mol. The second-order valence-corrected chi connectivity index (χ2v) is 11.9. The predicted octanol–water partition coefficient (Wildman–Crippen LogP) is 3.53. The van der Waals surface area contributed by atoms with E-state index < -0.39 is 23.6 Å². The summed E-state index contributed by atoms with van der Waals surface area (Å²) in [5, 5.41) is 8.17. The maximum absolute atomic E-state index is 16.0. The molecule has 1 amide bonds. The number of carbonyl (C=O) groups is 2. The summed E-state index contributed by atoms with van der Waals surface area (Å²) in [4.78, 5) is 33.5. The zero-order valence-corrected chi connectivity index (χ0v) is 25.4. The van der Waals surface area contributed by atoms with Gasteiger partial charge in [-0.05, 0) is 74.8 Å². The zero-order valence-electron chi connectivity index (χ0n) is 25.4. The van der Waals surface area contributed by atoms with Crippen LogP contribution in [0.25, 0.3) is 10.8 Å². The second-order valence-electron chi connectivity index (χ2n) is 11.9. The third-order valence-electron chi connectivity index (χ3n) is 8.79. The number of nitrogens with one attached hydrogen (secondary N) is 2. The number of morpholine rings is 1. The molecule has 44 heavy (non-hydrogen) atoms. The molecule has 2 N–H and O–H groups in total. The van der Waals surface area contributed by atoms with Crippen molar-refractivity contribution in [1.29, 1.82) is 0 Å². The van der Waals surface area contributed by atoms with Crippen molar-refractivity contribution >= 4 is 28.2 Å². The van der Waals surface area contributed by atoms with Crippen molar-refractivity contribution in [2.24, 2.45) is 0 Å². The van der Waals surface area contributed by atoms with E-state index in [4.69, 9.17) is 9.47 Å². The van der Waals surface area contributed by atoms with Gasteiger partial charge in [-0.3, -0.25) is 14.5 Å². The van der Waals surface area contributed by atoms with Crippen LogP contribution in [0, 0.1) is 0 Å². The molecule has 0 aliphatic carbocycles. The first-order valence-electron chi connectivity index (χ1n) is 15.8. The molecule has 2 saturated heterocycles. The van der Waals surface area contributed by atoms with E-state index in [0.717, 1.165) is 69.7 Å². The van der Waals surface area contributed by atoms with Crippen LogP contribution in [0.2, 0.25) is 0 Å². The van der Waals surface area contributed by atoms with Gasteiger partial charge in [0.05, 0.1) is 31.1 Å². The van der Waals surface area contributed by atoms with Gasteiger partial charge in [0.15, 0.2) is 5.78 Å². The molecule has 4 heterocycles. The number of fused-ring (bicyclic) bond motifs is 5. The minimum absolute atomic E-state index is 0.0158. The third kappa shape index (κ3) is 6.98. The fourth-order valence-electron chi connectivity index (χ4n) is 6.32. The van der Waals surface area contributed by atoms with Crippen LogP contribution in [0.4, 0.5) is 10.1 Å². The molecule has 0 radical (unpaired) electrons. The van der Waals surface area contributed by atoms with Gasteiger partial charge in [-0.15, -0.1) is 0 Å². The molecule has 0 saturated carbocycles. The number of anilines is 1. The first-order chi connectivity index (χ1) is 21.5. The second kappa shape index (κ2) is 13.9. The summed E-state index contributed by atoms with van der Waals surface area (Å²) in [5.74, 6) is -0.928. The number of hydrogen-bond donors (Lipinski definition) is 2. The number of likely N-dealkylation sites (tertiary alicyclic amines) is 1. The molecule has 9 nitrogen and oxygen atoms in total. The van der Waals surface area contributed by atoms with Crippen LogP contribution in [0.1, 0.15) is 26.2 Å². The average Bonchev–Trinajstić information content (AvgIpc) is 3.55. The molecule has 234 valence electrons. The fourth-order valence-corrected chi connectivity index (χ4v) is 6.32. The first kappa shape index (κ1) is 30.3. The lowest BCUT2D eigenvalue weighted by Crippen LogP contribution is -2.40. The van der Waals surface area contributed by atoms with Crippen LogP contribution in [-0.2, 0) is 14.3 Å². The van der Waals surface area contributed by atoms with E-state index in [2.05, 4.69) is 20.4 Å². The summed E-state index contributed by atoms with van der Waals surface area (Å²) < 4.78 is 27.9. The van der Waals surface area contributed by atoms with Crippen LogP contribution >= 0.6 is 0 Å². The number of benzene rings is 2. The number of nitrogens with zero attached hydrogens (tertiary/aromatic N) is 3. The average molecular weight is 604 g/mol. The number of amides is 1. The highest BCUT2D eigenvalue weighted by atomic mass is 19.1. The highest BCUT2D eigenvalue weighted by Gasteiger charge is 2.32. The largest absolute Gasteiger partial charge is 0.482 e. The van der Waals surface area contributed by atoms with E-state index in [1.54, 1.807) is 6.20 Å². The third-order valence-corrected chi connectivity index (χ3v) is 8.79. The maximum atomic E-state index is 16.0. The lowest BCUT2D eigenvalue weighted by Gasteiger charge is -2.32. The van der Waals surface area contributed by atoms with Crippen molar-refractivity contribution < 1.29 is 23.5 Å². The van der Waals surface area contributed by atoms with E-state index in [0.29, 0.717) is 30.2 Å². The Bertz CT molecular complexity index is 1480. The summed E-state index contributed by atoms with van der Waals surface area (Å²) in [7, 11) is 0. The van der Waals surface area contributed by atoms with Gasteiger partial charge in [0.25, 0.3) is 5.91 Å². The number of allylic oxidation sites excluding steroid dienone is 2. The van der Waals surface area contributed by atoms with Crippen LogP contribution in [0.5, 0.6) is 5.75 Å². The van der Waals surface area contributed by atoms with E-state index in [1.807, 2.05) is 48.2 Å². The number of carbonyl (C=O) groups excluding carboxylic acids is 2. The van der Waals surface area contributed by atoms with Gasteiger partial charge in [-0.25, -0.2) is 4.39 Å². The number of Topliss-reactive ketones (excluding diaryl/α,β-unsaturated/α-hetero) is 1. The van der Waals surface area contributed by atoms with E-state index in [9.17, 15) is 9.59 Å². The minimum Gasteiger partial charge on any atom is -0.482 e. The van der Waals surface area contributed by atoms with Crippen LogP contribution in [0.15, 0.2) is 71.3 Å². The smallest absolute Gasteiger partial charge is 0.256 e. The van der Waals surface area contributed by atoms with Crippen LogP contribution < -0.4 is 20.3 Å². The van der Waals surface area contributed by atoms with Gasteiger partial charge in [0.2, 0.25) is 0 Å². The molecular weight excluding hydrogens is 561 g/mol. The molecule has 2 aromatic rings. The number of ketones is 1. The van der Waals surface area contributed by atoms with Gasteiger partial charge >= 0.3 is 0 Å². The van der Waals surface area contributed by atoms with Crippen LogP contribution in [-0.4, -0.2) is 99.7 Å². The van der Waals surface area contributed by atoms with Crippen molar-refractivity contribution in [2.75, 3.05) is 77.0 Å². The molecule has 2 aromatic carbocycles. The Morgan fingerprint density at radius 3 is 2.50 bits per heavy atom. The molecule has 2 bridgehead atoms. The summed E-state index contributed by atoms with van der Waals surface area (Å²) in [5.41, 5.74) is 1.21. The maximum Gasteiger partial charge on any atom is 0.256 e. The molecule has 6 rings (SSSR count). The highest BCUT2D eigenvalue weighted by Crippen LogP contribution is 2.38. The summed E-state index contributed by atoms with van der Waals surface area (Å²) in [6.45, 7) is 9.86. The molecule has 1 atom stereocenters. The molecular formula is C34H42FN5O4. The molecule has 4 aliphatic heterocycles. The molecule has 2 fully saturated rings. The molecule has 4 aliphatic rings. The van der Waals surface area contributed by atoms with Gasteiger partial charge in [0, 0.05) is 44.5 Å². The van der Waals surface area contributed by atoms with Crippen LogP contribution in [0.3, 0.4) is 0 Å². The lowest BCUT2D eigenvalue weighted by atomic mass is 9.96. The molecule has 0 spiro atoms. The zero-order chi connectivity index (χ0) is 30.5. The van der Waals surface area contributed by atoms with E-state index in [1.165, 1.54) is 18.9 Å².